The Balaban J connectivity index is 1.85. The van der Waals surface area contributed by atoms with Gasteiger partial charge in [0.1, 0.15) is 0 Å². The van der Waals surface area contributed by atoms with Crippen molar-refractivity contribution < 1.29 is 24.0 Å². The van der Waals surface area contributed by atoms with E-state index in [2.05, 4.69) is 10.2 Å². The van der Waals surface area contributed by atoms with Crippen LogP contribution in [0, 0.1) is 15.5 Å². The van der Waals surface area contributed by atoms with Crippen molar-refractivity contribution in [2.24, 2.45) is 5.41 Å². The van der Waals surface area contributed by atoms with E-state index in [1.165, 1.54) is 19.2 Å². The van der Waals surface area contributed by atoms with Crippen molar-refractivity contribution in [1.82, 2.24) is 15.1 Å². The zero-order valence-electron chi connectivity index (χ0n) is 17.5. The number of anilines is 1. The summed E-state index contributed by atoms with van der Waals surface area (Å²) >= 11 is 0. The summed E-state index contributed by atoms with van der Waals surface area (Å²) in [5.41, 5.74) is -0.314. The average molecular weight is 431 g/mol. The molecule has 11 heteroatoms. The first-order valence-electron chi connectivity index (χ1n) is 10.3. The van der Waals surface area contributed by atoms with Crippen molar-refractivity contribution in [1.29, 1.82) is 0 Å². The maximum absolute atomic E-state index is 13.7. The van der Waals surface area contributed by atoms with E-state index in [-0.39, 0.29) is 25.3 Å². The van der Waals surface area contributed by atoms with Crippen LogP contribution in [0.2, 0.25) is 0 Å². The van der Waals surface area contributed by atoms with Crippen LogP contribution in [-0.2, 0) is 20.7 Å². The molecular weight excluding hydrogens is 406 g/mol. The fourth-order valence-corrected chi connectivity index (χ4v) is 4.90. The molecule has 0 bridgehead atoms. The van der Waals surface area contributed by atoms with Crippen LogP contribution in [0.3, 0.4) is 0 Å². The normalized spacial score (nSPS) is 26.0. The smallest absolute Gasteiger partial charge is 0.330 e. The van der Waals surface area contributed by atoms with E-state index in [9.17, 15) is 24.5 Å². The largest absolute Gasteiger partial charge is 0.383 e. The third-order valence-electron chi connectivity index (χ3n) is 6.55. The van der Waals surface area contributed by atoms with E-state index < -0.39 is 34.2 Å². The first-order chi connectivity index (χ1) is 14.8. The summed E-state index contributed by atoms with van der Waals surface area (Å²) in [7, 11) is 1.46. The van der Waals surface area contributed by atoms with E-state index in [1.807, 2.05) is 11.8 Å². The summed E-state index contributed by atoms with van der Waals surface area (Å²) in [5, 5.41) is 13.7. The number of likely N-dealkylation sites (N-methyl/N-ethyl adjacent to an activating group) is 1. The Kier molecular flexibility index (Phi) is 5.40. The van der Waals surface area contributed by atoms with Gasteiger partial charge in [-0.3, -0.25) is 34.8 Å². The summed E-state index contributed by atoms with van der Waals surface area (Å²) in [6.07, 6.45) is -0.00976. The molecule has 1 aromatic rings. The number of urea groups is 1. The minimum atomic E-state index is -1.56. The number of piperazine rings is 1. The minimum absolute atomic E-state index is 0.00976. The summed E-state index contributed by atoms with van der Waals surface area (Å²) in [6.45, 7) is 4.70. The number of rotatable bonds is 5. The lowest BCUT2D eigenvalue weighted by Crippen LogP contribution is -2.75. The Hall–Kier alpha value is -3.05. The van der Waals surface area contributed by atoms with E-state index in [4.69, 9.17) is 4.74 Å². The molecule has 0 saturated carbocycles. The number of nitro benzene ring substituents is 1. The van der Waals surface area contributed by atoms with Crippen LogP contribution in [0.4, 0.5) is 16.2 Å². The number of carbonyl (C=O) groups is 3. The lowest BCUT2D eigenvalue weighted by atomic mass is 9.67. The first-order valence-corrected chi connectivity index (χ1v) is 10.3. The van der Waals surface area contributed by atoms with Crippen molar-refractivity contribution >= 4 is 29.2 Å². The highest BCUT2D eigenvalue weighted by atomic mass is 16.6. The van der Waals surface area contributed by atoms with Crippen molar-refractivity contribution in [2.45, 2.75) is 19.4 Å². The number of hydrogen-bond donors (Lipinski definition) is 1. The molecule has 0 aliphatic carbocycles. The van der Waals surface area contributed by atoms with Gasteiger partial charge in [-0.1, -0.05) is 6.92 Å². The number of amides is 4. The summed E-state index contributed by atoms with van der Waals surface area (Å²) in [6, 6.07) is 3.29. The molecule has 3 aliphatic rings. The predicted molar refractivity (Wildman–Crippen MR) is 110 cm³/mol. The summed E-state index contributed by atoms with van der Waals surface area (Å²) in [5.74, 6) is -1.23. The van der Waals surface area contributed by atoms with Crippen LogP contribution < -0.4 is 10.2 Å². The monoisotopic (exact) mass is 431 g/mol. The Bertz CT molecular complexity index is 952. The standard InChI is InChI=1S/C20H25N5O6/c1-3-22-6-7-23-15-5-4-14(25(29)30)10-13(15)11-20(16(23)12-22)17(26)21-19(28)24(18(20)27)8-9-31-2/h4-5,10,16H,3,6-9,11-12H2,1-2H3,(H,21,26,28). The van der Waals surface area contributed by atoms with Gasteiger partial charge < -0.3 is 9.64 Å². The highest BCUT2D eigenvalue weighted by Gasteiger charge is 2.62. The van der Waals surface area contributed by atoms with Gasteiger partial charge in [-0.2, -0.15) is 0 Å². The second kappa shape index (κ2) is 7.89. The molecule has 1 N–H and O–H groups in total. The van der Waals surface area contributed by atoms with Gasteiger partial charge in [0, 0.05) is 51.0 Å². The first kappa shape index (κ1) is 21.2. The Morgan fingerprint density at radius 1 is 1.29 bits per heavy atom. The van der Waals surface area contributed by atoms with Crippen LogP contribution in [0.1, 0.15) is 12.5 Å². The number of non-ortho nitro benzene ring substituents is 1. The molecule has 31 heavy (non-hydrogen) atoms. The number of nitrogens with one attached hydrogen (secondary N) is 1. The highest BCUT2D eigenvalue weighted by Crippen LogP contribution is 2.46. The molecule has 0 radical (unpaired) electrons. The maximum Gasteiger partial charge on any atom is 0.330 e. The number of barbiturate groups is 1. The molecule has 2 fully saturated rings. The van der Waals surface area contributed by atoms with Crippen molar-refractivity contribution in [3.63, 3.8) is 0 Å². The number of imide groups is 2. The van der Waals surface area contributed by atoms with Crippen LogP contribution in [-0.4, -0.2) is 85.1 Å². The Labute approximate surface area is 179 Å². The van der Waals surface area contributed by atoms with E-state index >= 15 is 0 Å². The zero-order valence-corrected chi connectivity index (χ0v) is 17.5. The molecule has 4 rings (SSSR count). The lowest BCUT2D eigenvalue weighted by molar-refractivity contribution is -0.384. The van der Waals surface area contributed by atoms with Crippen molar-refractivity contribution in [2.75, 3.05) is 51.3 Å². The molecule has 1 aromatic carbocycles. The predicted octanol–water partition coefficient (Wildman–Crippen LogP) is 0.373. The fourth-order valence-electron chi connectivity index (χ4n) is 4.90. The molecule has 0 aromatic heterocycles. The van der Waals surface area contributed by atoms with Crippen LogP contribution in [0.15, 0.2) is 18.2 Å². The number of ether oxygens (including phenoxy) is 1. The molecule has 1 spiro atoms. The quantitative estimate of drug-likeness (QED) is 0.403. The molecule has 3 aliphatic heterocycles. The number of hydrogen-bond acceptors (Lipinski definition) is 8. The highest BCUT2D eigenvalue weighted by molar-refractivity contribution is 6.20. The molecule has 11 nitrogen and oxygen atoms in total. The molecular formula is C20H25N5O6. The van der Waals surface area contributed by atoms with Crippen molar-refractivity contribution in [3.8, 4) is 0 Å². The fraction of sp³-hybridized carbons (Fsp3) is 0.550. The average Bonchev–Trinajstić information content (AvgIpc) is 2.76. The molecule has 2 unspecified atom stereocenters. The SMILES string of the molecule is CCN1CCN2c3ccc([N+](=O)[O-])cc3CC3(C(=O)NC(=O)N(CCOC)C3=O)C2C1. The number of nitrogens with zero attached hydrogens (tertiary/aromatic N) is 4. The van der Waals surface area contributed by atoms with E-state index in [0.717, 1.165) is 23.7 Å². The van der Waals surface area contributed by atoms with Gasteiger partial charge in [0.2, 0.25) is 11.8 Å². The third-order valence-corrected chi connectivity index (χ3v) is 6.55. The van der Waals surface area contributed by atoms with E-state index in [1.54, 1.807) is 6.07 Å². The topological polar surface area (TPSA) is 125 Å². The maximum atomic E-state index is 13.7. The third kappa shape index (κ3) is 3.24. The number of benzene rings is 1. The minimum Gasteiger partial charge on any atom is -0.383 e. The van der Waals surface area contributed by atoms with E-state index in [0.29, 0.717) is 18.7 Å². The van der Waals surface area contributed by atoms with Gasteiger partial charge in [-0.05, 0) is 18.2 Å². The van der Waals surface area contributed by atoms with Crippen LogP contribution >= 0.6 is 0 Å². The number of methoxy groups -OCH3 is 1. The second-order valence-corrected chi connectivity index (χ2v) is 8.03. The summed E-state index contributed by atoms with van der Waals surface area (Å²) in [4.78, 5) is 55.5. The van der Waals surface area contributed by atoms with Gasteiger partial charge >= 0.3 is 6.03 Å². The van der Waals surface area contributed by atoms with Crippen LogP contribution in [0.5, 0.6) is 0 Å². The number of nitro groups is 1. The summed E-state index contributed by atoms with van der Waals surface area (Å²) < 4.78 is 5.03. The van der Waals surface area contributed by atoms with Gasteiger partial charge in [-0.15, -0.1) is 0 Å². The number of carbonyl (C=O) groups excluding carboxylic acids is 3. The second-order valence-electron chi connectivity index (χ2n) is 8.03. The molecule has 4 amide bonds. The van der Waals surface area contributed by atoms with Gasteiger partial charge in [0.05, 0.1) is 24.1 Å². The van der Waals surface area contributed by atoms with Crippen LogP contribution in [0.25, 0.3) is 0 Å². The lowest BCUT2D eigenvalue weighted by Gasteiger charge is -2.55. The zero-order chi connectivity index (χ0) is 22.3. The Morgan fingerprint density at radius 3 is 2.74 bits per heavy atom. The van der Waals surface area contributed by atoms with Gasteiger partial charge in [0.25, 0.3) is 5.69 Å². The van der Waals surface area contributed by atoms with Gasteiger partial charge in [0.15, 0.2) is 5.41 Å². The molecule has 2 saturated heterocycles. The molecule has 3 heterocycles. The van der Waals surface area contributed by atoms with Crippen molar-refractivity contribution in [3.05, 3.63) is 33.9 Å². The van der Waals surface area contributed by atoms with Gasteiger partial charge in [-0.25, -0.2) is 4.79 Å². The molecule has 2 atom stereocenters. The molecule has 166 valence electrons. The number of fused-ring (bicyclic) bond motifs is 4. The Morgan fingerprint density at radius 2 is 2.06 bits per heavy atom.